The van der Waals surface area contributed by atoms with Crippen LogP contribution in [0.1, 0.15) is 24.7 Å². The first-order valence-electron chi connectivity index (χ1n) is 6.16. The minimum Gasteiger partial charge on any atom is -0.460 e. The summed E-state index contributed by atoms with van der Waals surface area (Å²) in [6.07, 6.45) is 1.14. The van der Waals surface area contributed by atoms with Gasteiger partial charge in [0.25, 0.3) is 0 Å². The van der Waals surface area contributed by atoms with E-state index in [1.54, 1.807) is 0 Å². The van der Waals surface area contributed by atoms with Gasteiger partial charge < -0.3 is 9.73 Å². The monoisotopic (exact) mass is 229 g/mol. The van der Waals surface area contributed by atoms with Crippen LogP contribution in [0.2, 0.25) is 0 Å². The molecule has 2 aromatic rings. The van der Waals surface area contributed by atoms with Crippen LogP contribution in [0.15, 0.2) is 40.8 Å². The number of hydrogen-bond donors (Lipinski definition) is 1. The molecule has 0 spiro atoms. The number of nitrogens with one attached hydrogen (secondary N) is 1. The molecule has 0 amide bonds. The summed E-state index contributed by atoms with van der Waals surface area (Å²) in [5.41, 5.74) is 2.40. The van der Waals surface area contributed by atoms with Crippen molar-refractivity contribution in [2.75, 3.05) is 6.54 Å². The molecule has 0 aliphatic carbocycles. The highest BCUT2D eigenvalue weighted by atomic mass is 16.3. The Bertz CT molecular complexity index is 473. The van der Waals surface area contributed by atoms with Crippen LogP contribution in [0.25, 0.3) is 11.3 Å². The van der Waals surface area contributed by atoms with E-state index in [1.807, 2.05) is 12.1 Å². The van der Waals surface area contributed by atoms with Gasteiger partial charge in [-0.1, -0.05) is 30.7 Å². The Morgan fingerprint density at radius 2 is 2.06 bits per heavy atom. The van der Waals surface area contributed by atoms with E-state index in [2.05, 4.69) is 43.4 Å². The molecule has 0 saturated heterocycles. The molecule has 0 fully saturated rings. The molecular formula is C15H19NO. The van der Waals surface area contributed by atoms with Crippen molar-refractivity contribution in [1.82, 2.24) is 5.32 Å². The third-order valence-electron chi connectivity index (χ3n) is 2.69. The summed E-state index contributed by atoms with van der Waals surface area (Å²) in [5.74, 6) is 1.94. The average molecular weight is 229 g/mol. The number of rotatable bonds is 5. The maximum Gasteiger partial charge on any atom is 0.134 e. The van der Waals surface area contributed by atoms with E-state index >= 15 is 0 Å². The molecule has 2 rings (SSSR count). The van der Waals surface area contributed by atoms with Crippen LogP contribution in [0.5, 0.6) is 0 Å². The Kier molecular flexibility index (Phi) is 3.99. The van der Waals surface area contributed by atoms with Crippen LogP contribution in [0, 0.1) is 6.92 Å². The van der Waals surface area contributed by atoms with Crippen molar-refractivity contribution in [2.24, 2.45) is 0 Å². The minimum absolute atomic E-state index is 0.805. The molecule has 0 unspecified atom stereocenters. The summed E-state index contributed by atoms with van der Waals surface area (Å²) in [5, 5.41) is 3.33. The lowest BCUT2D eigenvalue weighted by Crippen LogP contribution is -2.12. The SMILES string of the molecule is CCCNCc1ccc(-c2cccc(C)c2)o1. The largest absolute Gasteiger partial charge is 0.460 e. The van der Waals surface area contributed by atoms with Gasteiger partial charge in [-0.05, 0) is 38.1 Å². The Hall–Kier alpha value is -1.54. The topological polar surface area (TPSA) is 25.2 Å². The Morgan fingerprint density at radius 1 is 1.18 bits per heavy atom. The fourth-order valence-electron chi connectivity index (χ4n) is 1.81. The quantitative estimate of drug-likeness (QED) is 0.790. The molecule has 0 bridgehead atoms. The second-order valence-corrected chi connectivity index (χ2v) is 4.31. The van der Waals surface area contributed by atoms with E-state index in [0.29, 0.717) is 0 Å². The van der Waals surface area contributed by atoms with Crippen LogP contribution < -0.4 is 5.32 Å². The maximum absolute atomic E-state index is 5.81. The molecule has 1 N–H and O–H groups in total. The van der Waals surface area contributed by atoms with Gasteiger partial charge in [0.2, 0.25) is 0 Å². The van der Waals surface area contributed by atoms with E-state index in [0.717, 1.165) is 36.6 Å². The summed E-state index contributed by atoms with van der Waals surface area (Å²) < 4.78 is 5.81. The van der Waals surface area contributed by atoms with Gasteiger partial charge in [-0.25, -0.2) is 0 Å². The molecule has 90 valence electrons. The van der Waals surface area contributed by atoms with E-state index in [-0.39, 0.29) is 0 Å². The third kappa shape index (κ3) is 3.21. The average Bonchev–Trinajstić information content (AvgIpc) is 2.78. The van der Waals surface area contributed by atoms with Crippen molar-refractivity contribution in [3.8, 4) is 11.3 Å². The molecule has 2 nitrogen and oxygen atoms in total. The van der Waals surface area contributed by atoms with E-state index in [4.69, 9.17) is 4.42 Å². The number of benzene rings is 1. The second-order valence-electron chi connectivity index (χ2n) is 4.31. The first-order valence-corrected chi connectivity index (χ1v) is 6.16. The van der Waals surface area contributed by atoms with Crippen LogP contribution in [-0.2, 0) is 6.54 Å². The summed E-state index contributed by atoms with van der Waals surface area (Å²) in [4.78, 5) is 0. The molecule has 2 heteroatoms. The number of aryl methyl sites for hydroxylation is 1. The zero-order valence-corrected chi connectivity index (χ0v) is 10.5. The Labute approximate surface area is 103 Å². The normalized spacial score (nSPS) is 10.7. The second kappa shape index (κ2) is 5.69. The van der Waals surface area contributed by atoms with Crippen LogP contribution in [0.3, 0.4) is 0 Å². The van der Waals surface area contributed by atoms with E-state index in [9.17, 15) is 0 Å². The van der Waals surface area contributed by atoms with Crippen LogP contribution in [-0.4, -0.2) is 6.54 Å². The predicted molar refractivity (Wildman–Crippen MR) is 70.9 cm³/mol. The van der Waals surface area contributed by atoms with Gasteiger partial charge in [0, 0.05) is 5.56 Å². The lowest BCUT2D eigenvalue weighted by Gasteiger charge is -2.00. The maximum atomic E-state index is 5.81. The summed E-state index contributed by atoms with van der Waals surface area (Å²) in [6.45, 7) is 6.09. The molecule has 0 aliphatic rings. The van der Waals surface area contributed by atoms with Gasteiger partial charge >= 0.3 is 0 Å². The van der Waals surface area contributed by atoms with Crippen molar-refractivity contribution in [3.63, 3.8) is 0 Å². The highest BCUT2D eigenvalue weighted by Gasteiger charge is 2.04. The van der Waals surface area contributed by atoms with Crippen LogP contribution in [0.4, 0.5) is 0 Å². The van der Waals surface area contributed by atoms with Crippen molar-refractivity contribution in [1.29, 1.82) is 0 Å². The smallest absolute Gasteiger partial charge is 0.134 e. The molecule has 0 radical (unpaired) electrons. The van der Waals surface area contributed by atoms with Gasteiger partial charge in [-0.3, -0.25) is 0 Å². The zero-order valence-electron chi connectivity index (χ0n) is 10.5. The molecule has 0 atom stereocenters. The first kappa shape index (κ1) is 11.9. The lowest BCUT2D eigenvalue weighted by atomic mass is 10.1. The third-order valence-corrected chi connectivity index (χ3v) is 2.69. The van der Waals surface area contributed by atoms with Gasteiger partial charge in [-0.15, -0.1) is 0 Å². The Morgan fingerprint density at radius 3 is 2.82 bits per heavy atom. The van der Waals surface area contributed by atoms with Crippen LogP contribution >= 0.6 is 0 Å². The van der Waals surface area contributed by atoms with Gasteiger partial charge in [0.05, 0.1) is 6.54 Å². The van der Waals surface area contributed by atoms with Crippen molar-refractivity contribution < 1.29 is 4.42 Å². The first-order chi connectivity index (χ1) is 8.29. The van der Waals surface area contributed by atoms with Crippen molar-refractivity contribution in [3.05, 3.63) is 47.7 Å². The fourth-order valence-corrected chi connectivity index (χ4v) is 1.81. The van der Waals surface area contributed by atoms with E-state index < -0.39 is 0 Å². The molecular weight excluding hydrogens is 210 g/mol. The molecule has 0 saturated carbocycles. The van der Waals surface area contributed by atoms with E-state index in [1.165, 1.54) is 5.56 Å². The lowest BCUT2D eigenvalue weighted by molar-refractivity contribution is 0.493. The fraction of sp³-hybridized carbons (Fsp3) is 0.333. The Balaban J connectivity index is 2.07. The number of furan rings is 1. The molecule has 1 aromatic carbocycles. The molecule has 17 heavy (non-hydrogen) atoms. The molecule has 0 aliphatic heterocycles. The molecule has 1 aromatic heterocycles. The van der Waals surface area contributed by atoms with Crippen molar-refractivity contribution in [2.45, 2.75) is 26.8 Å². The standard InChI is InChI=1S/C15H19NO/c1-3-9-16-11-14-7-8-15(17-14)13-6-4-5-12(2)10-13/h4-8,10,16H,3,9,11H2,1-2H3. The highest BCUT2D eigenvalue weighted by Crippen LogP contribution is 2.22. The summed E-state index contributed by atoms with van der Waals surface area (Å²) >= 11 is 0. The van der Waals surface area contributed by atoms with Gasteiger partial charge in [-0.2, -0.15) is 0 Å². The highest BCUT2D eigenvalue weighted by molar-refractivity contribution is 5.58. The predicted octanol–water partition coefficient (Wildman–Crippen LogP) is 3.75. The summed E-state index contributed by atoms with van der Waals surface area (Å²) in [7, 11) is 0. The zero-order chi connectivity index (χ0) is 12.1. The number of hydrogen-bond acceptors (Lipinski definition) is 2. The summed E-state index contributed by atoms with van der Waals surface area (Å²) in [6, 6.07) is 12.5. The van der Waals surface area contributed by atoms with Gasteiger partial charge in [0.1, 0.15) is 11.5 Å². The van der Waals surface area contributed by atoms with Crippen molar-refractivity contribution >= 4 is 0 Å². The molecule has 1 heterocycles. The minimum atomic E-state index is 0.805. The van der Waals surface area contributed by atoms with Gasteiger partial charge in [0.15, 0.2) is 0 Å².